The first-order valence-electron chi connectivity index (χ1n) is 5.00. The summed E-state index contributed by atoms with van der Waals surface area (Å²) in [5, 5.41) is 0. The molecule has 0 aliphatic rings. The Morgan fingerprint density at radius 2 is 1.86 bits per heavy atom. The van der Waals surface area contributed by atoms with Gasteiger partial charge in [-0.15, -0.1) is 0 Å². The normalized spacial score (nSPS) is 12.6. The fourth-order valence-electron chi connectivity index (χ4n) is 1.78. The number of hydrogen-bond donors (Lipinski definition) is 0. The Balaban J connectivity index is 2.31. The zero-order chi connectivity index (χ0) is 9.80. The largest absolute Gasteiger partial charge is 0.469 e. The molecule has 14 heavy (non-hydrogen) atoms. The first-order valence-corrected chi connectivity index (χ1v) is 5.00. The summed E-state index contributed by atoms with van der Waals surface area (Å²) in [6.07, 6.45) is 2.80. The van der Waals surface area contributed by atoms with Crippen molar-refractivity contribution in [2.45, 2.75) is 19.3 Å². The first-order chi connectivity index (χ1) is 6.92. The van der Waals surface area contributed by atoms with Gasteiger partial charge in [0.25, 0.3) is 0 Å². The summed E-state index contributed by atoms with van der Waals surface area (Å²) < 4.78 is 5.44. The van der Waals surface area contributed by atoms with E-state index in [2.05, 4.69) is 31.2 Å². The SMILES string of the molecule is CCC(c1ccccc1)c1ccco1. The highest BCUT2D eigenvalue weighted by molar-refractivity contribution is 5.26. The van der Waals surface area contributed by atoms with Crippen LogP contribution in [0.1, 0.15) is 30.6 Å². The molecular weight excluding hydrogens is 172 g/mol. The third-order valence-corrected chi connectivity index (χ3v) is 2.50. The monoisotopic (exact) mass is 186 g/mol. The maximum absolute atomic E-state index is 5.44. The van der Waals surface area contributed by atoms with E-state index in [1.165, 1.54) is 5.56 Å². The molecule has 0 aliphatic heterocycles. The van der Waals surface area contributed by atoms with Crippen LogP contribution in [0, 0.1) is 0 Å². The lowest BCUT2D eigenvalue weighted by molar-refractivity contribution is 0.480. The Hall–Kier alpha value is -1.50. The molecule has 0 fully saturated rings. The molecule has 0 saturated heterocycles. The minimum atomic E-state index is 0.395. The van der Waals surface area contributed by atoms with Gasteiger partial charge >= 0.3 is 0 Å². The molecule has 2 rings (SSSR count). The minimum absolute atomic E-state index is 0.395. The van der Waals surface area contributed by atoms with Crippen molar-refractivity contribution in [3.8, 4) is 0 Å². The van der Waals surface area contributed by atoms with Crippen LogP contribution in [0.5, 0.6) is 0 Å². The molecule has 0 radical (unpaired) electrons. The molecular formula is C13H14O. The molecule has 2 aromatic rings. The van der Waals surface area contributed by atoms with Crippen molar-refractivity contribution in [1.29, 1.82) is 0 Å². The molecule has 1 unspecified atom stereocenters. The van der Waals surface area contributed by atoms with Crippen LogP contribution in [-0.2, 0) is 0 Å². The van der Waals surface area contributed by atoms with Gasteiger partial charge in [0.05, 0.1) is 6.26 Å². The highest BCUT2D eigenvalue weighted by Crippen LogP contribution is 2.27. The summed E-state index contributed by atoms with van der Waals surface area (Å²) in [6.45, 7) is 2.18. The topological polar surface area (TPSA) is 13.1 Å². The van der Waals surface area contributed by atoms with E-state index < -0.39 is 0 Å². The average Bonchev–Trinajstić information content (AvgIpc) is 2.74. The van der Waals surface area contributed by atoms with Crippen LogP contribution >= 0.6 is 0 Å². The van der Waals surface area contributed by atoms with E-state index in [-0.39, 0.29) is 0 Å². The van der Waals surface area contributed by atoms with Gasteiger partial charge in [-0.3, -0.25) is 0 Å². The molecule has 1 heteroatoms. The molecule has 0 saturated carbocycles. The van der Waals surface area contributed by atoms with Crippen molar-refractivity contribution < 1.29 is 4.42 Å². The second-order valence-corrected chi connectivity index (χ2v) is 3.39. The lowest BCUT2D eigenvalue weighted by Gasteiger charge is -2.11. The number of furan rings is 1. The Kier molecular flexibility index (Phi) is 2.68. The Morgan fingerprint density at radius 1 is 1.07 bits per heavy atom. The molecule has 1 atom stereocenters. The summed E-state index contributed by atoms with van der Waals surface area (Å²) in [6, 6.07) is 14.5. The summed E-state index contributed by atoms with van der Waals surface area (Å²) in [7, 11) is 0. The van der Waals surface area contributed by atoms with Crippen LogP contribution < -0.4 is 0 Å². The molecule has 1 aromatic carbocycles. The van der Waals surface area contributed by atoms with Crippen LogP contribution in [0.4, 0.5) is 0 Å². The van der Waals surface area contributed by atoms with Crippen molar-refractivity contribution in [1.82, 2.24) is 0 Å². The number of hydrogen-bond acceptors (Lipinski definition) is 1. The predicted octanol–water partition coefficient (Wildman–Crippen LogP) is 3.82. The molecule has 0 N–H and O–H groups in total. The Labute approximate surface area is 84.4 Å². The van der Waals surface area contributed by atoms with Crippen LogP contribution in [0.3, 0.4) is 0 Å². The van der Waals surface area contributed by atoms with Gasteiger partial charge in [-0.1, -0.05) is 37.3 Å². The zero-order valence-electron chi connectivity index (χ0n) is 8.31. The van der Waals surface area contributed by atoms with Gasteiger partial charge < -0.3 is 4.42 Å². The van der Waals surface area contributed by atoms with Gasteiger partial charge in [-0.05, 0) is 24.1 Å². The number of benzene rings is 1. The second kappa shape index (κ2) is 4.14. The van der Waals surface area contributed by atoms with E-state index in [9.17, 15) is 0 Å². The molecule has 72 valence electrons. The van der Waals surface area contributed by atoms with Crippen LogP contribution in [0.25, 0.3) is 0 Å². The summed E-state index contributed by atoms with van der Waals surface area (Å²) in [5.41, 5.74) is 1.32. The van der Waals surface area contributed by atoms with Crippen molar-refractivity contribution >= 4 is 0 Å². The average molecular weight is 186 g/mol. The second-order valence-electron chi connectivity index (χ2n) is 3.39. The van der Waals surface area contributed by atoms with Gasteiger partial charge in [0, 0.05) is 5.92 Å². The Bertz CT molecular complexity index is 361. The van der Waals surface area contributed by atoms with E-state index in [0.29, 0.717) is 5.92 Å². The quantitative estimate of drug-likeness (QED) is 0.710. The third-order valence-electron chi connectivity index (χ3n) is 2.50. The molecule has 1 heterocycles. The Morgan fingerprint density at radius 3 is 2.43 bits per heavy atom. The molecule has 0 spiro atoms. The van der Waals surface area contributed by atoms with Crippen molar-refractivity contribution in [3.63, 3.8) is 0 Å². The molecule has 0 aliphatic carbocycles. The predicted molar refractivity (Wildman–Crippen MR) is 57.3 cm³/mol. The number of rotatable bonds is 3. The first kappa shape index (κ1) is 9.07. The lowest BCUT2D eigenvalue weighted by atomic mass is 9.94. The summed E-state index contributed by atoms with van der Waals surface area (Å²) >= 11 is 0. The third kappa shape index (κ3) is 1.72. The van der Waals surface area contributed by atoms with E-state index in [1.54, 1.807) is 6.26 Å². The molecule has 1 nitrogen and oxygen atoms in total. The highest BCUT2D eigenvalue weighted by Gasteiger charge is 2.13. The van der Waals surface area contributed by atoms with Gasteiger partial charge in [-0.2, -0.15) is 0 Å². The van der Waals surface area contributed by atoms with Crippen LogP contribution in [0.2, 0.25) is 0 Å². The summed E-state index contributed by atoms with van der Waals surface area (Å²) in [4.78, 5) is 0. The van der Waals surface area contributed by atoms with Crippen LogP contribution in [0.15, 0.2) is 53.1 Å². The molecule has 0 amide bonds. The standard InChI is InChI=1S/C13H14O/c1-2-12(13-9-6-10-14-13)11-7-4-3-5-8-11/h3-10,12H,2H2,1H3. The molecule has 1 aromatic heterocycles. The fourth-order valence-corrected chi connectivity index (χ4v) is 1.78. The van der Waals surface area contributed by atoms with E-state index in [0.717, 1.165) is 12.2 Å². The van der Waals surface area contributed by atoms with Gasteiger partial charge in [0.1, 0.15) is 5.76 Å². The highest BCUT2D eigenvalue weighted by atomic mass is 16.3. The van der Waals surface area contributed by atoms with Gasteiger partial charge in [-0.25, -0.2) is 0 Å². The fraction of sp³-hybridized carbons (Fsp3) is 0.231. The van der Waals surface area contributed by atoms with Crippen molar-refractivity contribution in [2.24, 2.45) is 0 Å². The smallest absolute Gasteiger partial charge is 0.111 e. The van der Waals surface area contributed by atoms with Gasteiger partial charge in [0.2, 0.25) is 0 Å². The van der Waals surface area contributed by atoms with Crippen molar-refractivity contribution in [3.05, 3.63) is 60.1 Å². The van der Waals surface area contributed by atoms with E-state index >= 15 is 0 Å². The maximum Gasteiger partial charge on any atom is 0.111 e. The van der Waals surface area contributed by atoms with Crippen molar-refractivity contribution in [2.75, 3.05) is 0 Å². The van der Waals surface area contributed by atoms with E-state index in [1.807, 2.05) is 18.2 Å². The minimum Gasteiger partial charge on any atom is -0.469 e. The maximum atomic E-state index is 5.44. The summed E-state index contributed by atoms with van der Waals surface area (Å²) in [5.74, 6) is 1.45. The molecule has 0 bridgehead atoms. The van der Waals surface area contributed by atoms with Crippen LogP contribution in [-0.4, -0.2) is 0 Å². The zero-order valence-corrected chi connectivity index (χ0v) is 8.31. The lowest BCUT2D eigenvalue weighted by Crippen LogP contribution is -1.97. The van der Waals surface area contributed by atoms with Gasteiger partial charge in [0.15, 0.2) is 0 Å². The van der Waals surface area contributed by atoms with E-state index in [4.69, 9.17) is 4.42 Å².